The Morgan fingerprint density at radius 2 is 1.77 bits per heavy atom. The number of allylic oxidation sites excluding steroid dienone is 3. The average Bonchev–Trinajstić information content (AvgIpc) is 2.77. The molecule has 6 nitrogen and oxygen atoms in total. The molecule has 0 spiro atoms. The second-order valence-electron chi connectivity index (χ2n) is 5.75. The van der Waals surface area contributed by atoms with E-state index in [1.165, 1.54) is 32.3 Å². The number of hydrogen-bond acceptors (Lipinski definition) is 5. The van der Waals surface area contributed by atoms with Gasteiger partial charge >= 0.3 is 0 Å². The van der Waals surface area contributed by atoms with Gasteiger partial charge in [-0.3, -0.25) is 9.59 Å². The Bertz CT molecular complexity index is 844. The van der Waals surface area contributed by atoms with Gasteiger partial charge in [-0.2, -0.15) is 0 Å². The molecule has 30 heavy (non-hydrogen) atoms. The quantitative estimate of drug-likeness (QED) is 0.484. The van der Waals surface area contributed by atoms with Crippen molar-refractivity contribution in [1.29, 1.82) is 0 Å². The van der Waals surface area contributed by atoms with Gasteiger partial charge in [-0.15, -0.1) is 0 Å². The van der Waals surface area contributed by atoms with E-state index in [1.54, 1.807) is 18.2 Å². The molecule has 4 N–H and O–H groups in total. The van der Waals surface area contributed by atoms with Gasteiger partial charge in [0.15, 0.2) is 5.78 Å². The van der Waals surface area contributed by atoms with Crippen LogP contribution in [0, 0.1) is 0 Å². The molecule has 0 heterocycles. The van der Waals surface area contributed by atoms with E-state index in [0.29, 0.717) is 23.5 Å². The molecular weight excluding hydrogens is 380 g/mol. The van der Waals surface area contributed by atoms with E-state index in [0.717, 1.165) is 5.56 Å². The first-order valence-electron chi connectivity index (χ1n) is 9.69. The lowest BCUT2D eigenvalue weighted by Crippen LogP contribution is -2.17. The maximum atomic E-state index is 11.5. The normalized spacial score (nSPS) is 10.2. The number of hydrogen-bond donors (Lipinski definition) is 3. The summed E-state index contributed by atoms with van der Waals surface area (Å²) in [6.07, 6.45) is 4.77. The molecule has 2 rings (SSSR count). The van der Waals surface area contributed by atoms with Crippen molar-refractivity contribution >= 4 is 11.7 Å². The van der Waals surface area contributed by atoms with Crippen LogP contribution in [0.5, 0.6) is 11.5 Å². The predicted octanol–water partition coefficient (Wildman–Crippen LogP) is 4.35. The number of amides is 1. The first-order valence-corrected chi connectivity index (χ1v) is 9.69. The molecule has 0 unspecified atom stereocenters. The summed E-state index contributed by atoms with van der Waals surface area (Å²) in [4.78, 5) is 22.1. The third-order valence-corrected chi connectivity index (χ3v) is 3.56. The molecule has 0 aliphatic rings. The van der Waals surface area contributed by atoms with E-state index in [2.05, 4.69) is 5.32 Å². The van der Waals surface area contributed by atoms with Gasteiger partial charge in [-0.25, -0.2) is 0 Å². The number of phenolic OH excluding ortho intramolecular Hbond substituents is 1. The molecule has 162 valence electrons. The number of benzene rings is 2. The van der Waals surface area contributed by atoms with Crippen molar-refractivity contribution < 1.29 is 19.4 Å². The van der Waals surface area contributed by atoms with Crippen molar-refractivity contribution in [3.63, 3.8) is 0 Å². The minimum atomic E-state index is -0.263. The molecule has 2 aromatic rings. The Kier molecular flexibility index (Phi) is 13.6. The predicted molar refractivity (Wildman–Crippen MR) is 121 cm³/mol. The van der Waals surface area contributed by atoms with Gasteiger partial charge in [0.25, 0.3) is 5.91 Å². The van der Waals surface area contributed by atoms with Gasteiger partial charge in [0.2, 0.25) is 0 Å². The molecule has 6 heteroatoms. The molecule has 0 aliphatic heterocycles. The fourth-order valence-corrected chi connectivity index (χ4v) is 2.15. The van der Waals surface area contributed by atoms with E-state index < -0.39 is 0 Å². The molecule has 0 aromatic heterocycles. The number of carbonyl (C=O) groups excluding carboxylic acids is 2. The summed E-state index contributed by atoms with van der Waals surface area (Å²) in [5, 5.41) is 12.1. The van der Waals surface area contributed by atoms with Gasteiger partial charge in [0.1, 0.15) is 18.1 Å². The van der Waals surface area contributed by atoms with Gasteiger partial charge in [-0.05, 0) is 31.5 Å². The second-order valence-corrected chi connectivity index (χ2v) is 5.75. The van der Waals surface area contributed by atoms with E-state index in [1.807, 2.05) is 51.1 Å². The zero-order valence-corrected chi connectivity index (χ0v) is 18.3. The highest BCUT2D eigenvalue weighted by Crippen LogP contribution is 2.22. The van der Waals surface area contributed by atoms with Gasteiger partial charge in [-0.1, -0.05) is 56.3 Å². The fraction of sp³-hybridized carbons (Fsp3) is 0.250. The fourth-order valence-electron chi connectivity index (χ4n) is 2.15. The Balaban J connectivity index is 0.000000648. The molecule has 0 saturated heterocycles. The summed E-state index contributed by atoms with van der Waals surface area (Å²) in [6.45, 7) is 7.71. The standard InChI is InChI=1S/C15H15NO3.C7H11NO.C2H6/c1-16-15(18)12-7-13(17)9-14(8-12)19-10-11-5-3-2-4-6-11;1-3-4-7(5-8)6(2)9;1-2/h2-9,17H,10H2,1H3,(H,16,18);3-5H,8H2,1-2H3;1-2H3/b;4-3-,7-5+;. The number of ether oxygens (including phenoxy) is 1. The zero-order valence-electron chi connectivity index (χ0n) is 18.3. The third-order valence-electron chi connectivity index (χ3n) is 3.56. The number of aromatic hydroxyl groups is 1. The lowest BCUT2D eigenvalue weighted by atomic mass is 10.2. The molecule has 1 amide bonds. The minimum absolute atomic E-state index is 0.00385. The summed E-state index contributed by atoms with van der Waals surface area (Å²) in [6, 6.07) is 14.2. The maximum absolute atomic E-state index is 11.5. The van der Waals surface area contributed by atoms with E-state index in [4.69, 9.17) is 10.5 Å². The Hall–Kier alpha value is -3.54. The number of ketones is 1. The van der Waals surface area contributed by atoms with E-state index >= 15 is 0 Å². The van der Waals surface area contributed by atoms with E-state index in [9.17, 15) is 14.7 Å². The van der Waals surface area contributed by atoms with Gasteiger partial charge in [0.05, 0.1) is 0 Å². The topological polar surface area (TPSA) is 102 Å². The molecule has 2 aromatic carbocycles. The number of Topliss-reactive ketones (excluding diaryl/α,β-unsaturated/α-hetero) is 1. The lowest BCUT2D eigenvalue weighted by Gasteiger charge is -2.08. The average molecular weight is 413 g/mol. The summed E-state index contributed by atoms with van der Waals surface area (Å²) in [5.74, 6) is 0.197. The highest BCUT2D eigenvalue weighted by atomic mass is 16.5. The van der Waals surface area contributed by atoms with Crippen molar-refractivity contribution in [3.05, 3.63) is 83.6 Å². The number of carbonyl (C=O) groups is 2. The highest BCUT2D eigenvalue weighted by Gasteiger charge is 2.07. The van der Waals surface area contributed by atoms with Crippen LogP contribution in [0.4, 0.5) is 0 Å². The van der Waals surface area contributed by atoms with Gasteiger partial charge in [0, 0.05) is 30.5 Å². The van der Waals surface area contributed by atoms with Crippen LogP contribution < -0.4 is 15.8 Å². The van der Waals surface area contributed by atoms with E-state index in [-0.39, 0.29) is 17.4 Å². The number of nitrogens with two attached hydrogens (primary N) is 1. The zero-order chi connectivity index (χ0) is 22.9. The smallest absolute Gasteiger partial charge is 0.251 e. The van der Waals surface area contributed by atoms with Crippen LogP contribution in [0.1, 0.15) is 43.6 Å². The molecular formula is C24H32N2O4. The van der Waals surface area contributed by atoms with Crippen LogP contribution in [-0.2, 0) is 11.4 Å². The number of nitrogens with one attached hydrogen (secondary N) is 1. The molecule has 0 saturated carbocycles. The first-order chi connectivity index (χ1) is 14.4. The van der Waals surface area contributed by atoms with Gasteiger partial charge < -0.3 is 20.9 Å². The van der Waals surface area contributed by atoms with Crippen LogP contribution >= 0.6 is 0 Å². The van der Waals surface area contributed by atoms with Crippen LogP contribution in [-0.4, -0.2) is 23.8 Å². The summed E-state index contributed by atoms with van der Waals surface area (Å²) < 4.78 is 5.57. The Labute approximate surface area is 179 Å². The van der Waals surface area contributed by atoms with Crippen molar-refractivity contribution in [1.82, 2.24) is 5.32 Å². The minimum Gasteiger partial charge on any atom is -0.508 e. The van der Waals surface area contributed by atoms with Crippen molar-refractivity contribution in [2.75, 3.05) is 7.05 Å². The van der Waals surface area contributed by atoms with Crippen molar-refractivity contribution in [2.24, 2.45) is 5.73 Å². The molecule has 0 aliphatic carbocycles. The lowest BCUT2D eigenvalue weighted by molar-refractivity contribution is -0.113. The monoisotopic (exact) mass is 412 g/mol. The summed E-state index contributed by atoms with van der Waals surface area (Å²) >= 11 is 0. The van der Waals surface area contributed by atoms with Crippen molar-refractivity contribution in [2.45, 2.75) is 34.3 Å². The first kappa shape index (κ1) is 26.5. The molecule has 0 radical (unpaired) electrons. The number of phenols is 1. The maximum Gasteiger partial charge on any atom is 0.251 e. The molecule has 0 atom stereocenters. The molecule has 0 bridgehead atoms. The molecule has 0 fully saturated rings. The summed E-state index contributed by atoms with van der Waals surface area (Å²) in [7, 11) is 1.54. The summed E-state index contributed by atoms with van der Waals surface area (Å²) in [5.41, 5.74) is 7.07. The Morgan fingerprint density at radius 1 is 1.13 bits per heavy atom. The number of rotatable bonds is 6. The highest BCUT2D eigenvalue weighted by molar-refractivity contribution is 5.96. The van der Waals surface area contributed by atoms with Crippen LogP contribution in [0.3, 0.4) is 0 Å². The SMILES string of the molecule is C/C=C\C(=C/N)C(C)=O.CC.CNC(=O)c1cc(O)cc(OCc2ccccc2)c1. The van der Waals surface area contributed by atoms with Crippen LogP contribution in [0.15, 0.2) is 72.5 Å². The van der Waals surface area contributed by atoms with Crippen LogP contribution in [0.25, 0.3) is 0 Å². The second kappa shape index (κ2) is 15.4. The third kappa shape index (κ3) is 10.1. The van der Waals surface area contributed by atoms with Crippen LogP contribution in [0.2, 0.25) is 0 Å². The van der Waals surface area contributed by atoms with Crippen molar-refractivity contribution in [3.8, 4) is 11.5 Å². The largest absolute Gasteiger partial charge is 0.508 e. The Morgan fingerprint density at radius 3 is 2.23 bits per heavy atom.